The Bertz CT molecular complexity index is 546. The van der Waals surface area contributed by atoms with Crippen LogP contribution in [0.15, 0.2) is 0 Å². The van der Waals surface area contributed by atoms with Gasteiger partial charge in [-0.25, -0.2) is 0 Å². The number of nitrogens with one attached hydrogen (secondary N) is 1. The summed E-state index contributed by atoms with van der Waals surface area (Å²) in [6.07, 6.45) is 6.88. The topological polar surface area (TPSA) is 102 Å². The molecule has 138 valence electrons. The molecule has 0 aromatic rings. The van der Waals surface area contributed by atoms with Gasteiger partial charge in [0.25, 0.3) is 0 Å². The number of hydrogen-bond donors (Lipinski definition) is 2. The minimum Gasteiger partial charge on any atom is -0.368 e. The number of rotatable bonds is 6. The summed E-state index contributed by atoms with van der Waals surface area (Å²) in [5.74, 6) is 0.403. The molecule has 0 aromatic carbocycles. The van der Waals surface area contributed by atoms with Crippen molar-refractivity contribution in [2.75, 3.05) is 26.2 Å². The number of hydrogen-bond acceptors (Lipinski definition) is 5. The van der Waals surface area contributed by atoms with Gasteiger partial charge in [-0.2, -0.15) is 5.26 Å². The van der Waals surface area contributed by atoms with Crippen molar-refractivity contribution in [2.45, 2.75) is 63.1 Å². The van der Waals surface area contributed by atoms with E-state index < -0.39 is 0 Å². The predicted octanol–water partition coefficient (Wildman–Crippen LogP) is 0.209. The molecule has 3 fully saturated rings. The van der Waals surface area contributed by atoms with Gasteiger partial charge in [-0.1, -0.05) is 0 Å². The fourth-order valence-corrected chi connectivity index (χ4v) is 4.66. The van der Waals surface area contributed by atoms with Crippen LogP contribution in [-0.4, -0.2) is 65.9 Å². The van der Waals surface area contributed by atoms with Crippen molar-refractivity contribution >= 4 is 11.8 Å². The van der Waals surface area contributed by atoms with Crippen molar-refractivity contribution in [1.29, 1.82) is 5.26 Å². The molecule has 4 atom stereocenters. The summed E-state index contributed by atoms with van der Waals surface area (Å²) in [4.78, 5) is 27.8. The summed E-state index contributed by atoms with van der Waals surface area (Å²) in [6.45, 7) is 2.92. The van der Waals surface area contributed by atoms with Crippen LogP contribution in [0.4, 0.5) is 0 Å². The fraction of sp³-hybridized carbons (Fsp3) is 0.833. The van der Waals surface area contributed by atoms with Gasteiger partial charge < -0.3 is 16.0 Å². The summed E-state index contributed by atoms with van der Waals surface area (Å²) >= 11 is 0. The highest BCUT2D eigenvalue weighted by Gasteiger charge is 2.34. The fourth-order valence-electron chi connectivity index (χ4n) is 4.66. The number of nitrogens with zero attached hydrogens (tertiary/aromatic N) is 3. The first-order chi connectivity index (χ1) is 12.1. The molecule has 7 nitrogen and oxygen atoms in total. The standard InChI is InChI=1S/C18H29N5O2/c19-10-15-3-1-8-23(15)17(24)11-21-14-6-5-13(9-14)12-22-7-2-4-16(22)18(20)25/h13-16,21H,1-9,11-12H2,(H2,20,25)/t13-,14-,15+,16+/m1/s1. The monoisotopic (exact) mass is 347 g/mol. The molecular formula is C18H29N5O2. The summed E-state index contributed by atoms with van der Waals surface area (Å²) < 4.78 is 0. The molecule has 0 radical (unpaired) electrons. The van der Waals surface area contributed by atoms with Crippen LogP contribution in [0.25, 0.3) is 0 Å². The maximum Gasteiger partial charge on any atom is 0.237 e. The van der Waals surface area contributed by atoms with Crippen LogP contribution in [0.3, 0.4) is 0 Å². The molecule has 7 heteroatoms. The molecule has 2 saturated heterocycles. The summed E-state index contributed by atoms with van der Waals surface area (Å²) in [5.41, 5.74) is 5.50. The van der Waals surface area contributed by atoms with E-state index in [4.69, 9.17) is 11.0 Å². The molecule has 1 aliphatic carbocycles. The third-order valence-corrected chi connectivity index (χ3v) is 5.99. The number of likely N-dealkylation sites (tertiary alicyclic amines) is 2. The quantitative estimate of drug-likeness (QED) is 0.715. The molecular weight excluding hydrogens is 318 g/mol. The number of carbonyl (C=O) groups is 2. The minimum atomic E-state index is -0.244. The smallest absolute Gasteiger partial charge is 0.237 e. The van der Waals surface area contributed by atoms with Gasteiger partial charge in [0.05, 0.1) is 18.7 Å². The average molecular weight is 347 g/mol. The van der Waals surface area contributed by atoms with E-state index >= 15 is 0 Å². The van der Waals surface area contributed by atoms with Gasteiger partial charge in [0.1, 0.15) is 6.04 Å². The zero-order chi connectivity index (χ0) is 17.8. The second-order valence-electron chi connectivity index (χ2n) is 7.69. The van der Waals surface area contributed by atoms with E-state index in [0.717, 1.165) is 58.0 Å². The van der Waals surface area contributed by atoms with Crippen molar-refractivity contribution in [2.24, 2.45) is 11.7 Å². The van der Waals surface area contributed by atoms with Crippen molar-refractivity contribution in [3.05, 3.63) is 0 Å². The number of nitriles is 1. The predicted molar refractivity (Wildman–Crippen MR) is 93.3 cm³/mol. The van der Waals surface area contributed by atoms with E-state index in [-0.39, 0.29) is 23.9 Å². The molecule has 2 amide bonds. The molecule has 25 heavy (non-hydrogen) atoms. The number of primary amides is 1. The Balaban J connectivity index is 1.40. The highest BCUT2D eigenvalue weighted by molar-refractivity contribution is 5.80. The van der Waals surface area contributed by atoms with Gasteiger partial charge >= 0.3 is 0 Å². The van der Waals surface area contributed by atoms with E-state index in [1.165, 1.54) is 0 Å². The molecule has 0 bridgehead atoms. The van der Waals surface area contributed by atoms with Crippen molar-refractivity contribution in [1.82, 2.24) is 15.1 Å². The second kappa shape index (κ2) is 8.15. The first kappa shape index (κ1) is 18.2. The lowest BCUT2D eigenvalue weighted by Crippen LogP contribution is -2.43. The van der Waals surface area contributed by atoms with Crippen LogP contribution in [0, 0.1) is 17.2 Å². The largest absolute Gasteiger partial charge is 0.368 e. The first-order valence-electron chi connectivity index (χ1n) is 9.54. The van der Waals surface area contributed by atoms with Crippen molar-refractivity contribution in [3.63, 3.8) is 0 Å². The zero-order valence-electron chi connectivity index (χ0n) is 14.8. The first-order valence-corrected chi connectivity index (χ1v) is 9.54. The Hall–Kier alpha value is -1.65. The Kier molecular flexibility index (Phi) is 5.92. The molecule has 3 aliphatic rings. The molecule has 0 aromatic heterocycles. The van der Waals surface area contributed by atoms with Gasteiger partial charge in [-0.3, -0.25) is 14.5 Å². The SMILES string of the molecule is N#C[C@@H]1CCCN1C(=O)CN[C@@H]1CC[C@@H](CN2CCC[C@H]2C(N)=O)C1. The van der Waals surface area contributed by atoms with E-state index in [9.17, 15) is 9.59 Å². The Morgan fingerprint density at radius 1 is 1.16 bits per heavy atom. The van der Waals surface area contributed by atoms with Gasteiger partial charge in [0, 0.05) is 19.1 Å². The number of nitrogens with two attached hydrogens (primary N) is 1. The summed E-state index contributed by atoms with van der Waals surface area (Å²) in [7, 11) is 0. The molecule has 2 aliphatic heterocycles. The third kappa shape index (κ3) is 4.31. The van der Waals surface area contributed by atoms with Gasteiger partial charge in [0.2, 0.25) is 11.8 Å². The van der Waals surface area contributed by atoms with Crippen LogP contribution in [0.5, 0.6) is 0 Å². The van der Waals surface area contributed by atoms with Gasteiger partial charge in [-0.05, 0) is 57.4 Å². The Morgan fingerprint density at radius 2 is 1.96 bits per heavy atom. The van der Waals surface area contributed by atoms with Crippen molar-refractivity contribution in [3.8, 4) is 6.07 Å². The third-order valence-electron chi connectivity index (χ3n) is 5.99. The zero-order valence-corrected chi connectivity index (χ0v) is 14.8. The molecule has 1 saturated carbocycles. The molecule has 0 spiro atoms. The van der Waals surface area contributed by atoms with Crippen LogP contribution in [-0.2, 0) is 9.59 Å². The molecule has 3 rings (SSSR count). The van der Waals surface area contributed by atoms with Crippen LogP contribution < -0.4 is 11.1 Å². The molecule has 0 unspecified atom stereocenters. The lowest BCUT2D eigenvalue weighted by molar-refractivity contribution is -0.130. The lowest BCUT2D eigenvalue weighted by atomic mass is 10.1. The van der Waals surface area contributed by atoms with Crippen LogP contribution >= 0.6 is 0 Å². The van der Waals surface area contributed by atoms with Gasteiger partial charge in [-0.15, -0.1) is 0 Å². The number of amides is 2. The van der Waals surface area contributed by atoms with E-state index in [2.05, 4.69) is 16.3 Å². The van der Waals surface area contributed by atoms with E-state index in [1.807, 2.05) is 0 Å². The van der Waals surface area contributed by atoms with Crippen LogP contribution in [0.2, 0.25) is 0 Å². The maximum absolute atomic E-state index is 12.3. The van der Waals surface area contributed by atoms with E-state index in [0.29, 0.717) is 25.0 Å². The summed E-state index contributed by atoms with van der Waals surface area (Å²) in [6, 6.07) is 2.24. The molecule has 3 N–H and O–H groups in total. The van der Waals surface area contributed by atoms with Crippen molar-refractivity contribution < 1.29 is 9.59 Å². The summed E-state index contributed by atoms with van der Waals surface area (Å²) in [5, 5.41) is 12.5. The van der Waals surface area contributed by atoms with Gasteiger partial charge in [0.15, 0.2) is 0 Å². The average Bonchev–Trinajstić information content (AvgIpc) is 3.33. The molecule has 2 heterocycles. The number of carbonyl (C=O) groups excluding carboxylic acids is 2. The minimum absolute atomic E-state index is 0.0424. The lowest BCUT2D eigenvalue weighted by Gasteiger charge is -2.25. The van der Waals surface area contributed by atoms with Crippen LogP contribution in [0.1, 0.15) is 44.9 Å². The normalized spacial score (nSPS) is 32.8. The Morgan fingerprint density at radius 3 is 2.72 bits per heavy atom. The maximum atomic E-state index is 12.3. The second-order valence-corrected chi connectivity index (χ2v) is 7.69. The Labute approximate surface area is 149 Å². The highest BCUT2D eigenvalue weighted by Crippen LogP contribution is 2.29. The highest BCUT2D eigenvalue weighted by atomic mass is 16.2. The van der Waals surface area contributed by atoms with E-state index in [1.54, 1.807) is 4.90 Å².